The third-order valence-corrected chi connectivity index (χ3v) is 43.0. The fourth-order valence-electron chi connectivity index (χ4n) is 11.2. The van der Waals surface area contributed by atoms with Crippen LogP contribution in [0.1, 0.15) is 89.7 Å². The van der Waals surface area contributed by atoms with Gasteiger partial charge >= 0.3 is 327 Å². The van der Waals surface area contributed by atoms with E-state index in [1.54, 1.807) is 0 Å². The Morgan fingerprint density at radius 1 is 0.556 bits per heavy atom. The number of fused-ring (bicyclic) bond motifs is 5. The van der Waals surface area contributed by atoms with Crippen molar-refractivity contribution in [3.05, 3.63) is 178 Å². The first-order valence-electron chi connectivity index (χ1n) is 19.7. The Labute approximate surface area is 324 Å². The summed E-state index contributed by atoms with van der Waals surface area (Å²) in [7, 11) is 19.1. The van der Waals surface area contributed by atoms with Gasteiger partial charge in [0.25, 0.3) is 0 Å². The summed E-state index contributed by atoms with van der Waals surface area (Å²) in [6.45, 7) is 18.4. The van der Waals surface area contributed by atoms with E-state index < -0.39 is 12.9 Å². The van der Waals surface area contributed by atoms with Gasteiger partial charge in [-0.15, -0.1) is 0 Å². The number of allylic oxidation sites excluding steroid dienone is 4. The molecule has 54 heavy (non-hydrogen) atoms. The number of aryl methyl sites for hydroxylation is 2. The van der Waals surface area contributed by atoms with Gasteiger partial charge < -0.3 is 0 Å². The molecule has 0 saturated carbocycles. The molecule has 0 spiro atoms. The van der Waals surface area contributed by atoms with Crippen LogP contribution in [0.4, 0.5) is 0 Å². The van der Waals surface area contributed by atoms with E-state index in [1.807, 2.05) is 0 Å². The minimum atomic E-state index is -7.03. The molecular formula is C51H54Cl2Zr. The predicted octanol–water partition coefficient (Wildman–Crippen LogP) is 15.1. The van der Waals surface area contributed by atoms with Crippen molar-refractivity contribution < 1.29 is 12.9 Å². The van der Waals surface area contributed by atoms with E-state index in [-0.39, 0.29) is 18.1 Å². The van der Waals surface area contributed by atoms with Gasteiger partial charge in [0.05, 0.1) is 0 Å². The Morgan fingerprint density at radius 2 is 0.944 bits per heavy atom. The Morgan fingerprint density at radius 3 is 1.35 bits per heavy atom. The fourth-order valence-corrected chi connectivity index (χ4v) is 40.6. The van der Waals surface area contributed by atoms with Gasteiger partial charge in [0.15, 0.2) is 0 Å². The molecule has 8 rings (SSSR count). The van der Waals surface area contributed by atoms with Gasteiger partial charge in [0.1, 0.15) is 0 Å². The fraction of sp³-hybridized carbons (Fsp3) is 0.275. The van der Waals surface area contributed by atoms with E-state index >= 15 is 0 Å². The standard InChI is InChI=1S/C23H29.2C11H9.C5H5.CH2.2ClH.Zr/c1-14-9-16-11-17-10-15(2)21(23(6,7)8)13-19(17)18(16)12-20(14)22(3,4)5;2*1-9-5-4-7-10-6-2-3-8-11(9)10;1-2-4-5-3-1;;;;/h9-13H,1-8H3;2*2-8H,1H2;1-5H;1H2;2*1H;/q;;;;;;;+2/p-2. The molecule has 6 aromatic rings. The van der Waals surface area contributed by atoms with Crippen molar-refractivity contribution in [3.8, 4) is 11.1 Å². The van der Waals surface area contributed by atoms with E-state index in [9.17, 15) is 17.0 Å². The van der Waals surface area contributed by atoms with Crippen LogP contribution in [-0.4, -0.2) is 4.21 Å². The van der Waals surface area contributed by atoms with E-state index in [0.717, 1.165) is 11.1 Å². The van der Waals surface area contributed by atoms with Crippen LogP contribution in [0.5, 0.6) is 0 Å². The topological polar surface area (TPSA) is 0 Å². The normalized spacial score (nSPS) is 17.0. The van der Waals surface area contributed by atoms with E-state index in [1.165, 1.54) is 66.1 Å². The molecule has 0 bridgehead atoms. The van der Waals surface area contributed by atoms with Gasteiger partial charge in [-0.3, -0.25) is 0 Å². The van der Waals surface area contributed by atoms with Crippen LogP contribution < -0.4 is 0 Å². The van der Waals surface area contributed by atoms with Crippen molar-refractivity contribution in [2.24, 2.45) is 0 Å². The van der Waals surface area contributed by atoms with Crippen LogP contribution in [0.2, 0.25) is 3.63 Å². The molecule has 0 unspecified atom stereocenters. The van der Waals surface area contributed by atoms with Crippen molar-refractivity contribution in [1.29, 1.82) is 0 Å². The third kappa shape index (κ3) is 5.51. The summed E-state index contributed by atoms with van der Waals surface area (Å²) < 4.78 is 6.03. The molecule has 2 aliphatic rings. The van der Waals surface area contributed by atoms with E-state index in [2.05, 4.69) is 189 Å². The summed E-state index contributed by atoms with van der Waals surface area (Å²) in [6.07, 6.45) is 8.88. The molecule has 0 N–H and O–H groups in total. The third-order valence-electron chi connectivity index (χ3n) is 13.5. The zero-order valence-corrected chi connectivity index (χ0v) is 37.2. The maximum absolute atomic E-state index is 9.55. The predicted molar refractivity (Wildman–Crippen MR) is 237 cm³/mol. The summed E-state index contributed by atoms with van der Waals surface area (Å²) in [5.41, 5.74) is 12.4. The first kappa shape index (κ1) is 37.6. The van der Waals surface area contributed by atoms with Crippen molar-refractivity contribution in [1.82, 2.24) is 0 Å². The Balaban J connectivity index is 1.60. The summed E-state index contributed by atoms with van der Waals surface area (Å²) in [4.78, 5) is 0. The van der Waals surface area contributed by atoms with Gasteiger partial charge in [0, 0.05) is 0 Å². The van der Waals surface area contributed by atoms with E-state index in [4.69, 9.17) is 4.21 Å². The van der Waals surface area contributed by atoms with Gasteiger partial charge in [0.2, 0.25) is 0 Å². The average molecular weight is 829 g/mol. The van der Waals surface area contributed by atoms with Gasteiger partial charge in [-0.05, 0) is 0 Å². The van der Waals surface area contributed by atoms with Gasteiger partial charge in [-0.25, -0.2) is 0 Å². The van der Waals surface area contributed by atoms with Crippen LogP contribution in [0, 0.1) is 13.8 Å². The molecule has 0 atom stereocenters. The van der Waals surface area contributed by atoms with E-state index in [0.29, 0.717) is 8.26 Å². The van der Waals surface area contributed by atoms with Crippen LogP contribution >= 0.6 is 17.0 Å². The number of hydrogen-bond acceptors (Lipinski definition) is 0. The number of halogens is 2. The summed E-state index contributed by atoms with van der Waals surface area (Å²) in [6, 6.07) is 40.4. The molecule has 0 aromatic heterocycles. The van der Waals surface area contributed by atoms with Crippen molar-refractivity contribution in [3.63, 3.8) is 0 Å². The monoisotopic (exact) mass is 826 g/mol. The zero-order chi connectivity index (χ0) is 38.6. The molecule has 0 aliphatic heterocycles. The Hall–Kier alpha value is -3.35. The second kappa shape index (κ2) is 11.4. The molecule has 0 amide bonds. The van der Waals surface area contributed by atoms with Crippen LogP contribution in [0.25, 0.3) is 32.7 Å². The quantitative estimate of drug-likeness (QED) is 0.157. The summed E-state index contributed by atoms with van der Waals surface area (Å²) in [5, 5.41) is 4.73. The number of benzene rings is 6. The first-order valence-corrected chi connectivity index (χ1v) is 34.1. The van der Waals surface area contributed by atoms with Crippen LogP contribution in [0.3, 0.4) is 0 Å². The molecular weight excluding hydrogens is 775 g/mol. The minimum absolute atomic E-state index is 0.0456. The van der Waals surface area contributed by atoms with Crippen molar-refractivity contribution >= 4 is 42.8 Å². The molecule has 6 aromatic carbocycles. The van der Waals surface area contributed by atoms with Crippen LogP contribution in [-0.2, 0) is 32.0 Å². The first-order chi connectivity index (χ1) is 25.2. The summed E-state index contributed by atoms with van der Waals surface area (Å²) in [5.74, 6) is 0. The van der Waals surface area contributed by atoms with Gasteiger partial charge in [-0.1, -0.05) is 0 Å². The molecule has 0 nitrogen and oxygen atoms in total. The van der Waals surface area contributed by atoms with Crippen molar-refractivity contribution in [2.75, 3.05) is 0 Å². The number of rotatable bonds is 6. The molecule has 0 heterocycles. The van der Waals surface area contributed by atoms with Crippen molar-refractivity contribution in [2.45, 2.75) is 81.7 Å². The molecule has 0 saturated heterocycles. The maximum atomic E-state index is 9.55. The summed E-state index contributed by atoms with van der Waals surface area (Å²) >= 11 is -7.03. The molecule has 0 radical (unpaired) electrons. The molecule has 2 aliphatic carbocycles. The Kier molecular flexibility index (Phi) is 7.91. The Bertz CT molecular complexity index is 2570. The molecule has 0 fully saturated rings. The second-order valence-corrected chi connectivity index (χ2v) is 59.6. The molecule has 3 heteroatoms. The average Bonchev–Trinajstić information content (AvgIpc) is 3.76. The number of hydrogen-bond donors (Lipinski definition) is 0. The van der Waals surface area contributed by atoms with Gasteiger partial charge in [-0.2, -0.15) is 0 Å². The van der Waals surface area contributed by atoms with Crippen LogP contribution in [0.15, 0.2) is 133 Å². The SMILES string of the molecule is [CH2]=[Zr]([Cl])([Cl])([CH2]c1cccc2ccccc12)([CH2]c1cccc2ccccc12)([CH]1C=CC=C1)[CH]1c2cc(C)c(C(C)(C)C)cc2-c2cc(C(C)(C)C)c(C)cc21. The second-order valence-electron chi connectivity index (χ2n) is 19.8. The zero-order valence-electron chi connectivity index (χ0n) is 33.2. The molecule has 276 valence electrons.